The lowest BCUT2D eigenvalue weighted by Crippen LogP contribution is -2.35. The number of benzene rings is 2. The average molecular weight is 445 g/mol. The summed E-state index contributed by atoms with van der Waals surface area (Å²) in [5.74, 6) is 0.855. The predicted octanol–water partition coefficient (Wildman–Crippen LogP) is 5.03. The quantitative estimate of drug-likeness (QED) is 0.547. The molecule has 2 fully saturated rings. The van der Waals surface area contributed by atoms with Gasteiger partial charge in [-0.2, -0.15) is 0 Å². The Labute approximate surface area is 195 Å². The molecule has 0 aromatic heterocycles. The maximum absolute atomic E-state index is 13.2. The van der Waals surface area contributed by atoms with E-state index in [2.05, 4.69) is 28.6 Å². The number of piperidine rings is 1. The van der Waals surface area contributed by atoms with Gasteiger partial charge in [-0.1, -0.05) is 31.0 Å². The average Bonchev–Trinajstić information content (AvgIpc) is 3.43. The molecule has 0 unspecified atom stereocenters. The fraction of sp³-hybridized carbons (Fsp3) is 0.407. The highest BCUT2D eigenvalue weighted by atomic mass is 16.5. The van der Waals surface area contributed by atoms with Crippen LogP contribution in [0.2, 0.25) is 0 Å². The number of amides is 1. The molecule has 1 spiro atoms. The summed E-state index contributed by atoms with van der Waals surface area (Å²) in [5.41, 5.74) is 4.15. The van der Waals surface area contributed by atoms with Crippen molar-refractivity contribution in [3.8, 4) is 5.75 Å². The Kier molecular flexibility index (Phi) is 5.94. The van der Waals surface area contributed by atoms with Gasteiger partial charge in [-0.3, -0.25) is 4.79 Å². The smallest absolute Gasteiger partial charge is 0.235 e. The third kappa shape index (κ3) is 4.15. The Balaban J connectivity index is 1.56. The number of hydrogen-bond donors (Lipinski definition) is 3. The number of likely N-dealkylation sites (tertiary alicyclic amines) is 1. The summed E-state index contributed by atoms with van der Waals surface area (Å²) in [6.07, 6.45) is 9.01. The van der Waals surface area contributed by atoms with Crippen molar-refractivity contribution in [2.75, 3.05) is 30.8 Å². The van der Waals surface area contributed by atoms with Gasteiger partial charge >= 0.3 is 0 Å². The van der Waals surface area contributed by atoms with Gasteiger partial charge in [-0.25, -0.2) is 0 Å². The van der Waals surface area contributed by atoms with Gasteiger partial charge in [0.15, 0.2) is 0 Å². The molecule has 33 heavy (non-hydrogen) atoms. The highest BCUT2D eigenvalue weighted by molar-refractivity contribution is 6.08. The van der Waals surface area contributed by atoms with E-state index in [1.54, 1.807) is 6.08 Å². The minimum Gasteiger partial charge on any atom is -0.488 e. The fourth-order valence-corrected chi connectivity index (χ4v) is 5.45. The lowest BCUT2D eigenvalue weighted by atomic mass is 9.79. The molecule has 1 aliphatic carbocycles. The molecule has 0 atom stereocenters. The highest BCUT2D eigenvalue weighted by Gasteiger charge is 2.49. The second-order valence-corrected chi connectivity index (χ2v) is 9.50. The van der Waals surface area contributed by atoms with Crippen LogP contribution in [0.5, 0.6) is 5.75 Å². The molecule has 2 aromatic rings. The summed E-state index contributed by atoms with van der Waals surface area (Å²) in [4.78, 5) is 15.5. The molecule has 0 radical (unpaired) electrons. The van der Waals surface area contributed by atoms with Gasteiger partial charge in [0.2, 0.25) is 5.91 Å². The molecule has 1 saturated heterocycles. The van der Waals surface area contributed by atoms with Crippen LogP contribution in [0.3, 0.4) is 0 Å². The van der Waals surface area contributed by atoms with E-state index in [1.807, 2.05) is 36.4 Å². The first kappa shape index (κ1) is 21.7. The molecule has 1 saturated carbocycles. The minimum absolute atomic E-state index is 0.106. The number of allylic oxidation sites excluding steroid dienone is 1. The molecule has 5 rings (SSSR count). The number of anilines is 2. The van der Waals surface area contributed by atoms with Crippen molar-refractivity contribution in [2.45, 2.75) is 50.0 Å². The van der Waals surface area contributed by atoms with Crippen molar-refractivity contribution >= 4 is 29.2 Å². The molecule has 172 valence electrons. The van der Waals surface area contributed by atoms with E-state index in [-0.39, 0.29) is 12.0 Å². The molecule has 2 aromatic carbocycles. The van der Waals surface area contributed by atoms with Crippen LogP contribution in [-0.2, 0) is 10.2 Å². The second-order valence-electron chi connectivity index (χ2n) is 9.50. The number of nitrogens with zero attached hydrogens (tertiary/aromatic N) is 1. The number of nitrogens with one attached hydrogen (secondary N) is 3. The van der Waals surface area contributed by atoms with Crippen LogP contribution < -0.4 is 15.4 Å². The lowest BCUT2D eigenvalue weighted by molar-refractivity contribution is -0.120. The van der Waals surface area contributed by atoms with E-state index < -0.39 is 5.41 Å². The van der Waals surface area contributed by atoms with Crippen molar-refractivity contribution in [3.63, 3.8) is 0 Å². The molecule has 3 aliphatic rings. The molecule has 6 nitrogen and oxygen atoms in total. The van der Waals surface area contributed by atoms with E-state index in [1.165, 1.54) is 6.21 Å². The zero-order valence-electron chi connectivity index (χ0n) is 19.2. The normalized spacial score (nSPS) is 20.5. The third-order valence-electron chi connectivity index (χ3n) is 7.32. The number of carbonyl (C=O) groups is 1. The number of para-hydroxylation sites is 1. The van der Waals surface area contributed by atoms with Crippen LogP contribution in [0.15, 0.2) is 48.5 Å². The Hall–Kier alpha value is -3.12. The van der Waals surface area contributed by atoms with Crippen LogP contribution in [-0.4, -0.2) is 43.3 Å². The Morgan fingerprint density at radius 2 is 1.91 bits per heavy atom. The summed E-state index contributed by atoms with van der Waals surface area (Å²) in [6.45, 7) is 2.02. The molecule has 6 heteroatoms. The van der Waals surface area contributed by atoms with Gasteiger partial charge in [0.1, 0.15) is 11.9 Å². The van der Waals surface area contributed by atoms with Crippen LogP contribution in [0.25, 0.3) is 5.70 Å². The van der Waals surface area contributed by atoms with E-state index in [0.717, 1.165) is 85.6 Å². The summed E-state index contributed by atoms with van der Waals surface area (Å²) in [7, 11) is 2.14. The third-order valence-corrected chi connectivity index (χ3v) is 7.32. The van der Waals surface area contributed by atoms with Gasteiger partial charge in [-0.05, 0) is 68.6 Å². The summed E-state index contributed by atoms with van der Waals surface area (Å²) < 4.78 is 6.56. The van der Waals surface area contributed by atoms with Gasteiger partial charge in [0.25, 0.3) is 0 Å². The number of hydrogen-bond acceptors (Lipinski definition) is 5. The topological polar surface area (TPSA) is 77.5 Å². The monoisotopic (exact) mass is 444 g/mol. The predicted molar refractivity (Wildman–Crippen MR) is 133 cm³/mol. The maximum Gasteiger partial charge on any atom is 0.235 e. The Morgan fingerprint density at radius 1 is 1.18 bits per heavy atom. The van der Waals surface area contributed by atoms with E-state index in [9.17, 15) is 4.79 Å². The molecule has 3 N–H and O–H groups in total. The largest absolute Gasteiger partial charge is 0.488 e. The SMILES string of the molecule is CN1CCC(Oc2cc(/C(=C/C=N)Nc3ccccc3)cc3c2NC(=O)C32CCCC2)CC1. The van der Waals surface area contributed by atoms with Crippen LogP contribution in [0, 0.1) is 5.41 Å². The fourth-order valence-electron chi connectivity index (χ4n) is 5.45. The number of ether oxygens (including phenoxy) is 1. The molecule has 2 aliphatic heterocycles. The summed E-state index contributed by atoms with van der Waals surface area (Å²) >= 11 is 0. The Morgan fingerprint density at radius 3 is 2.61 bits per heavy atom. The van der Waals surface area contributed by atoms with Crippen molar-refractivity contribution in [1.82, 2.24) is 4.90 Å². The van der Waals surface area contributed by atoms with Crippen molar-refractivity contribution < 1.29 is 9.53 Å². The van der Waals surface area contributed by atoms with Gasteiger partial charge in [0.05, 0.1) is 11.1 Å². The van der Waals surface area contributed by atoms with Crippen molar-refractivity contribution in [3.05, 3.63) is 59.7 Å². The number of carbonyl (C=O) groups excluding carboxylic acids is 1. The zero-order chi connectivity index (χ0) is 22.8. The van der Waals surface area contributed by atoms with E-state index in [0.29, 0.717) is 0 Å². The standard InChI is InChI=1S/C27H32N4O2/c1-31-15-10-21(11-16-31)33-24-18-19(23(9-14-28)29-20-7-3-2-4-8-20)17-22-25(24)30-26(32)27(22)12-5-6-13-27/h2-4,7-9,14,17-18,21,28-29H,5-6,10-13,15-16H2,1H3,(H,30,32)/b23-9-,28-14?. The van der Waals surface area contributed by atoms with Gasteiger partial charge < -0.3 is 25.7 Å². The number of fused-ring (bicyclic) bond motifs is 2. The first-order valence-electron chi connectivity index (χ1n) is 12.0. The number of rotatable bonds is 6. The molecular weight excluding hydrogens is 412 g/mol. The molecule has 0 bridgehead atoms. The summed E-state index contributed by atoms with van der Waals surface area (Å²) in [5, 5.41) is 14.4. The van der Waals surface area contributed by atoms with E-state index in [4.69, 9.17) is 10.1 Å². The highest BCUT2D eigenvalue weighted by Crippen LogP contribution is 2.52. The second kappa shape index (κ2) is 9.02. The molecular formula is C27H32N4O2. The maximum atomic E-state index is 13.2. The van der Waals surface area contributed by atoms with Gasteiger partial charge in [-0.15, -0.1) is 0 Å². The summed E-state index contributed by atoms with van der Waals surface area (Å²) in [6, 6.07) is 14.1. The molecule has 1 amide bonds. The van der Waals surface area contributed by atoms with Crippen LogP contribution in [0.1, 0.15) is 49.7 Å². The van der Waals surface area contributed by atoms with E-state index >= 15 is 0 Å². The van der Waals surface area contributed by atoms with Crippen LogP contribution >= 0.6 is 0 Å². The van der Waals surface area contributed by atoms with Crippen LogP contribution in [0.4, 0.5) is 11.4 Å². The lowest BCUT2D eigenvalue weighted by Gasteiger charge is -2.30. The minimum atomic E-state index is -0.460. The zero-order valence-corrected chi connectivity index (χ0v) is 19.2. The van der Waals surface area contributed by atoms with Crippen molar-refractivity contribution in [2.24, 2.45) is 0 Å². The van der Waals surface area contributed by atoms with Crippen molar-refractivity contribution in [1.29, 1.82) is 5.41 Å². The first-order chi connectivity index (χ1) is 16.1. The Bertz CT molecular complexity index is 1070. The first-order valence-corrected chi connectivity index (χ1v) is 12.0. The van der Waals surface area contributed by atoms with Gasteiger partial charge in [0, 0.05) is 36.3 Å². The molecule has 2 heterocycles.